The number of imide groups is 1. The number of hydrogen-bond donors (Lipinski definition) is 3. The Morgan fingerprint density at radius 2 is 1.50 bits per heavy atom. The summed E-state index contributed by atoms with van der Waals surface area (Å²) >= 11 is 0. The van der Waals surface area contributed by atoms with Crippen LogP contribution in [-0.4, -0.2) is 42.3 Å². The van der Waals surface area contributed by atoms with Crippen LogP contribution in [0.15, 0.2) is 78.9 Å². The first kappa shape index (κ1) is 24.5. The smallest absolute Gasteiger partial charge is 0.325 e. The van der Waals surface area contributed by atoms with Crippen molar-refractivity contribution < 1.29 is 23.9 Å². The van der Waals surface area contributed by atoms with Crippen LogP contribution in [0, 0.1) is 0 Å². The molecule has 9 heteroatoms. The minimum atomic E-state index is -1.20. The summed E-state index contributed by atoms with van der Waals surface area (Å²) in [6.07, 6.45) is 0.347. The number of amides is 5. The van der Waals surface area contributed by atoms with Crippen LogP contribution in [0.25, 0.3) is 0 Å². The number of methoxy groups -OCH3 is 1. The Labute approximate surface area is 208 Å². The van der Waals surface area contributed by atoms with Crippen molar-refractivity contribution in [3.05, 3.63) is 90.0 Å². The molecule has 1 saturated heterocycles. The number of nitrogens with one attached hydrogen (secondary N) is 3. The predicted octanol–water partition coefficient (Wildman–Crippen LogP) is 3.74. The fourth-order valence-corrected chi connectivity index (χ4v) is 4.06. The van der Waals surface area contributed by atoms with Gasteiger partial charge in [-0.25, -0.2) is 4.79 Å². The lowest BCUT2D eigenvalue weighted by atomic mass is 9.87. The number of benzene rings is 3. The molecule has 9 nitrogen and oxygen atoms in total. The molecule has 0 bridgehead atoms. The monoisotopic (exact) mass is 486 g/mol. The normalized spacial score (nSPS) is 16.9. The molecule has 0 spiro atoms. The van der Waals surface area contributed by atoms with E-state index in [1.807, 2.05) is 6.07 Å². The van der Waals surface area contributed by atoms with Crippen LogP contribution in [0.1, 0.15) is 29.3 Å². The summed E-state index contributed by atoms with van der Waals surface area (Å²) in [6.45, 7) is 1.38. The topological polar surface area (TPSA) is 117 Å². The zero-order chi connectivity index (χ0) is 25.7. The molecule has 3 aromatic rings. The quantitative estimate of drug-likeness (QED) is 0.420. The first-order valence-electron chi connectivity index (χ1n) is 11.4. The molecule has 184 valence electrons. The second kappa shape index (κ2) is 10.3. The van der Waals surface area contributed by atoms with Crippen LogP contribution in [0.2, 0.25) is 0 Å². The van der Waals surface area contributed by atoms with Crippen molar-refractivity contribution in [3.63, 3.8) is 0 Å². The van der Waals surface area contributed by atoms with Gasteiger partial charge in [0.2, 0.25) is 5.91 Å². The fraction of sp³-hybridized carbons (Fsp3) is 0.185. The molecule has 0 aliphatic carbocycles. The minimum absolute atomic E-state index is 0.311. The van der Waals surface area contributed by atoms with Crippen molar-refractivity contribution in [2.24, 2.45) is 0 Å². The fourth-order valence-electron chi connectivity index (χ4n) is 4.06. The van der Waals surface area contributed by atoms with Gasteiger partial charge in [-0.15, -0.1) is 0 Å². The Morgan fingerprint density at radius 3 is 2.11 bits per heavy atom. The summed E-state index contributed by atoms with van der Waals surface area (Å²) < 4.78 is 5.10. The summed E-state index contributed by atoms with van der Waals surface area (Å²) in [6, 6.07) is 21.6. The van der Waals surface area contributed by atoms with Gasteiger partial charge >= 0.3 is 6.03 Å². The number of hydrogen-bond acceptors (Lipinski definition) is 5. The standard InChI is InChI=1S/C27H26N4O5/c1-3-27(19-7-5-4-6-8-19)25(34)31(26(35)30-27)17-23(32)28-20-11-9-18(10-12-20)24(33)29-21-13-15-22(36-2)16-14-21/h4-16H,3,17H2,1-2H3,(H,28,32)(H,29,33)(H,30,35)/t27-/m0/s1. The van der Waals surface area contributed by atoms with E-state index in [9.17, 15) is 19.2 Å². The third-order valence-corrected chi connectivity index (χ3v) is 6.05. The molecule has 1 fully saturated rings. The van der Waals surface area contributed by atoms with E-state index < -0.39 is 29.9 Å². The molecule has 3 N–H and O–H groups in total. The van der Waals surface area contributed by atoms with Crippen LogP contribution in [-0.2, 0) is 15.1 Å². The van der Waals surface area contributed by atoms with E-state index >= 15 is 0 Å². The van der Waals surface area contributed by atoms with E-state index in [1.54, 1.807) is 86.8 Å². The number of carbonyl (C=O) groups excluding carboxylic acids is 4. The molecule has 0 radical (unpaired) electrons. The summed E-state index contributed by atoms with van der Waals surface area (Å²) in [4.78, 5) is 51.8. The maximum Gasteiger partial charge on any atom is 0.325 e. The number of ether oxygens (including phenoxy) is 1. The van der Waals surface area contributed by atoms with E-state index in [0.29, 0.717) is 34.7 Å². The van der Waals surface area contributed by atoms with Crippen molar-refractivity contribution in [1.82, 2.24) is 10.2 Å². The molecule has 1 aliphatic rings. The molecule has 36 heavy (non-hydrogen) atoms. The van der Waals surface area contributed by atoms with Gasteiger partial charge in [0.25, 0.3) is 11.8 Å². The maximum absolute atomic E-state index is 13.2. The SMILES string of the molecule is CC[C@@]1(c2ccccc2)NC(=O)N(CC(=O)Nc2ccc(C(=O)Nc3ccc(OC)cc3)cc2)C1=O. The second-order valence-corrected chi connectivity index (χ2v) is 8.25. The third kappa shape index (κ3) is 4.90. The van der Waals surface area contributed by atoms with Gasteiger partial charge in [-0.1, -0.05) is 37.3 Å². The molecule has 0 unspecified atom stereocenters. The van der Waals surface area contributed by atoms with Gasteiger partial charge in [0.15, 0.2) is 0 Å². The Kier molecular flexibility index (Phi) is 7.00. The summed E-state index contributed by atoms with van der Waals surface area (Å²) in [5, 5.41) is 8.20. The number of rotatable bonds is 8. The number of nitrogens with zero attached hydrogens (tertiary/aromatic N) is 1. The first-order chi connectivity index (χ1) is 17.4. The second-order valence-electron chi connectivity index (χ2n) is 8.25. The van der Waals surface area contributed by atoms with Gasteiger partial charge in [0, 0.05) is 16.9 Å². The van der Waals surface area contributed by atoms with E-state index in [0.717, 1.165) is 4.90 Å². The average molecular weight is 487 g/mol. The Balaban J connectivity index is 1.37. The summed E-state index contributed by atoms with van der Waals surface area (Å²) in [5.74, 6) is -0.633. The molecule has 1 aliphatic heterocycles. The molecular formula is C27H26N4O5. The van der Waals surface area contributed by atoms with Crippen LogP contribution < -0.4 is 20.7 Å². The summed E-state index contributed by atoms with van der Waals surface area (Å²) in [5.41, 5.74) is 0.909. The van der Waals surface area contributed by atoms with Crippen LogP contribution in [0.4, 0.5) is 16.2 Å². The average Bonchev–Trinajstić information content (AvgIpc) is 3.15. The largest absolute Gasteiger partial charge is 0.497 e. The zero-order valence-electron chi connectivity index (χ0n) is 19.9. The molecular weight excluding hydrogens is 460 g/mol. The van der Waals surface area contributed by atoms with Gasteiger partial charge in [0.1, 0.15) is 17.8 Å². The number of carbonyl (C=O) groups is 4. The van der Waals surface area contributed by atoms with Crippen molar-refractivity contribution in [2.75, 3.05) is 24.3 Å². The maximum atomic E-state index is 13.2. The van der Waals surface area contributed by atoms with E-state index in [1.165, 1.54) is 0 Å². The van der Waals surface area contributed by atoms with Crippen molar-refractivity contribution in [3.8, 4) is 5.75 Å². The van der Waals surface area contributed by atoms with Crippen LogP contribution >= 0.6 is 0 Å². The zero-order valence-corrected chi connectivity index (χ0v) is 19.9. The highest BCUT2D eigenvalue weighted by Gasteiger charge is 2.51. The van der Waals surface area contributed by atoms with Crippen molar-refractivity contribution in [1.29, 1.82) is 0 Å². The lowest BCUT2D eigenvalue weighted by Gasteiger charge is -2.25. The van der Waals surface area contributed by atoms with Gasteiger partial charge in [-0.2, -0.15) is 0 Å². The first-order valence-corrected chi connectivity index (χ1v) is 11.4. The Morgan fingerprint density at radius 1 is 0.889 bits per heavy atom. The highest BCUT2D eigenvalue weighted by molar-refractivity contribution is 6.10. The molecule has 1 heterocycles. The highest BCUT2D eigenvalue weighted by atomic mass is 16.5. The minimum Gasteiger partial charge on any atom is -0.497 e. The van der Waals surface area contributed by atoms with Crippen LogP contribution in [0.3, 0.4) is 0 Å². The van der Waals surface area contributed by atoms with E-state index in [2.05, 4.69) is 16.0 Å². The van der Waals surface area contributed by atoms with Crippen LogP contribution in [0.5, 0.6) is 5.75 Å². The highest BCUT2D eigenvalue weighted by Crippen LogP contribution is 2.32. The lowest BCUT2D eigenvalue weighted by molar-refractivity contribution is -0.134. The van der Waals surface area contributed by atoms with Gasteiger partial charge < -0.3 is 20.7 Å². The summed E-state index contributed by atoms with van der Waals surface area (Å²) in [7, 11) is 1.56. The van der Waals surface area contributed by atoms with Crippen molar-refractivity contribution >= 4 is 35.1 Å². The molecule has 0 aromatic heterocycles. The number of urea groups is 1. The van der Waals surface area contributed by atoms with E-state index in [4.69, 9.17) is 4.74 Å². The molecule has 4 rings (SSSR count). The molecule has 5 amide bonds. The molecule has 0 saturated carbocycles. The van der Waals surface area contributed by atoms with Crippen molar-refractivity contribution in [2.45, 2.75) is 18.9 Å². The van der Waals surface area contributed by atoms with Gasteiger partial charge in [-0.05, 0) is 60.5 Å². The Bertz CT molecular complexity index is 1280. The molecule has 3 aromatic carbocycles. The lowest BCUT2D eigenvalue weighted by Crippen LogP contribution is -2.44. The van der Waals surface area contributed by atoms with Gasteiger partial charge in [-0.3, -0.25) is 19.3 Å². The van der Waals surface area contributed by atoms with Gasteiger partial charge in [0.05, 0.1) is 7.11 Å². The predicted molar refractivity (Wildman–Crippen MR) is 135 cm³/mol. The van der Waals surface area contributed by atoms with E-state index in [-0.39, 0.29) is 5.91 Å². The Hall–Kier alpha value is -4.66. The molecule has 1 atom stereocenters. The number of anilines is 2. The third-order valence-electron chi connectivity index (χ3n) is 6.05.